The van der Waals surface area contributed by atoms with Crippen LogP contribution in [0.2, 0.25) is 0 Å². The maximum Gasteiger partial charge on any atom is 0.223 e. The predicted molar refractivity (Wildman–Crippen MR) is 120 cm³/mol. The first-order chi connectivity index (χ1) is 15.3. The SMILES string of the molecule is O=C(NCc1ccccc1)C1CCN(C2=NO[C@@H]3CN(Cc4ccccc4)C[C@H]23)CC1. The van der Waals surface area contributed by atoms with Crippen LogP contribution in [0, 0.1) is 11.8 Å². The zero-order valence-corrected chi connectivity index (χ0v) is 17.8. The average Bonchev–Trinajstić information content (AvgIpc) is 3.39. The van der Waals surface area contributed by atoms with Crippen molar-refractivity contribution >= 4 is 11.7 Å². The van der Waals surface area contributed by atoms with E-state index in [-0.39, 0.29) is 17.9 Å². The summed E-state index contributed by atoms with van der Waals surface area (Å²) in [6, 6.07) is 20.7. The van der Waals surface area contributed by atoms with E-state index in [9.17, 15) is 4.79 Å². The Kier molecular flexibility index (Phi) is 5.89. The molecule has 3 aliphatic rings. The van der Waals surface area contributed by atoms with Gasteiger partial charge in [0, 0.05) is 45.2 Å². The number of hydrogen-bond donors (Lipinski definition) is 1. The van der Waals surface area contributed by atoms with Crippen molar-refractivity contribution < 1.29 is 9.63 Å². The number of piperidine rings is 1. The Morgan fingerprint density at radius 3 is 2.35 bits per heavy atom. The summed E-state index contributed by atoms with van der Waals surface area (Å²) in [5, 5.41) is 7.55. The van der Waals surface area contributed by atoms with Crippen molar-refractivity contribution in [3.05, 3.63) is 71.8 Å². The van der Waals surface area contributed by atoms with Gasteiger partial charge in [0.15, 0.2) is 11.9 Å². The Hall–Kier alpha value is -2.86. The molecule has 1 amide bonds. The first-order valence-corrected chi connectivity index (χ1v) is 11.3. The molecule has 2 aromatic carbocycles. The Labute approximate surface area is 183 Å². The van der Waals surface area contributed by atoms with Gasteiger partial charge < -0.3 is 15.1 Å². The van der Waals surface area contributed by atoms with Crippen molar-refractivity contribution in [3.8, 4) is 0 Å². The number of rotatable bonds is 5. The third-order valence-corrected chi connectivity index (χ3v) is 6.70. The van der Waals surface area contributed by atoms with Gasteiger partial charge in [0.25, 0.3) is 0 Å². The topological polar surface area (TPSA) is 57.2 Å². The molecule has 2 atom stereocenters. The molecule has 6 heteroatoms. The van der Waals surface area contributed by atoms with Gasteiger partial charge in [0.1, 0.15) is 0 Å². The minimum Gasteiger partial charge on any atom is -0.389 e. The molecule has 6 nitrogen and oxygen atoms in total. The van der Waals surface area contributed by atoms with Crippen LogP contribution in [0.1, 0.15) is 24.0 Å². The molecule has 0 spiro atoms. The van der Waals surface area contributed by atoms with E-state index in [1.54, 1.807) is 0 Å². The molecule has 31 heavy (non-hydrogen) atoms. The Morgan fingerprint density at radius 1 is 0.968 bits per heavy atom. The van der Waals surface area contributed by atoms with Gasteiger partial charge in [-0.05, 0) is 24.0 Å². The summed E-state index contributed by atoms with van der Waals surface area (Å²) in [6.45, 7) is 5.19. The highest BCUT2D eigenvalue weighted by Crippen LogP contribution is 2.31. The van der Waals surface area contributed by atoms with Gasteiger partial charge in [-0.15, -0.1) is 0 Å². The highest BCUT2D eigenvalue weighted by Gasteiger charge is 2.44. The van der Waals surface area contributed by atoms with Crippen molar-refractivity contribution in [3.63, 3.8) is 0 Å². The fourth-order valence-corrected chi connectivity index (χ4v) is 4.96. The minimum absolute atomic E-state index is 0.0804. The van der Waals surface area contributed by atoms with Gasteiger partial charge in [0.2, 0.25) is 5.91 Å². The van der Waals surface area contributed by atoms with E-state index in [0.29, 0.717) is 12.5 Å². The van der Waals surface area contributed by atoms with Gasteiger partial charge in [0.05, 0.1) is 5.92 Å². The van der Waals surface area contributed by atoms with Crippen molar-refractivity contribution in [2.45, 2.75) is 32.0 Å². The molecule has 0 aromatic heterocycles. The summed E-state index contributed by atoms with van der Waals surface area (Å²) in [4.78, 5) is 23.2. The number of fused-ring (bicyclic) bond motifs is 1. The van der Waals surface area contributed by atoms with Crippen LogP contribution in [-0.4, -0.2) is 53.8 Å². The number of amidine groups is 1. The van der Waals surface area contributed by atoms with Crippen LogP contribution in [0.5, 0.6) is 0 Å². The molecule has 3 heterocycles. The summed E-state index contributed by atoms with van der Waals surface area (Å²) in [5.41, 5.74) is 2.47. The Morgan fingerprint density at radius 2 is 1.65 bits per heavy atom. The van der Waals surface area contributed by atoms with Crippen LogP contribution in [-0.2, 0) is 22.7 Å². The number of nitrogens with zero attached hydrogens (tertiary/aromatic N) is 3. The molecule has 0 radical (unpaired) electrons. The predicted octanol–water partition coefficient (Wildman–Crippen LogP) is 2.86. The number of nitrogens with one attached hydrogen (secondary N) is 1. The zero-order chi connectivity index (χ0) is 21.0. The lowest BCUT2D eigenvalue weighted by Crippen LogP contribution is -2.45. The number of benzene rings is 2. The number of likely N-dealkylation sites (tertiary alicyclic amines) is 2. The number of carbonyl (C=O) groups is 1. The third-order valence-electron chi connectivity index (χ3n) is 6.70. The second-order valence-corrected chi connectivity index (χ2v) is 8.84. The third kappa shape index (κ3) is 4.59. The zero-order valence-electron chi connectivity index (χ0n) is 17.8. The van der Waals surface area contributed by atoms with E-state index in [1.807, 2.05) is 30.3 Å². The first kappa shape index (κ1) is 20.1. The van der Waals surface area contributed by atoms with Crippen molar-refractivity contribution in [1.29, 1.82) is 0 Å². The molecule has 2 saturated heterocycles. The van der Waals surface area contributed by atoms with Gasteiger partial charge in [-0.2, -0.15) is 0 Å². The lowest BCUT2D eigenvalue weighted by molar-refractivity contribution is -0.126. The van der Waals surface area contributed by atoms with E-state index < -0.39 is 0 Å². The summed E-state index contributed by atoms with van der Waals surface area (Å²) in [7, 11) is 0. The normalized spacial score (nSPS) is 23.9. The smallest absolute Gasteiger partial charge is 0.223 e. The number of amides is 1. The highest BCUT2D eigenvalue weighted by atomic mass is 16.6. The molecular weight excluding hydrogens is 388 g/mol. The minimum atomic E-state index is 0.0804. The molecular formula is C25H30N4O2. The van der Waals surface area contributed by atoms with E-state index in [2.05, 4.69) is 50.6 Å². The fourth-order valence-electron chi connectivity index (χ4n) is 4.96. The second kappa shape index (κ2) is 9.10. The number of oxime groups is 1. The average molecular weight is 419 g/mol. The van der Waals surface area contributed by atoms with Gasteiger partial charge in [-0.3, -0.25) is 9.69 Å². The first-order valence-electron chi connectivity index (χ1n) is 11.3. The van der Waals surface area contributed by atoms with Crippen molar-refractivity contribution in [2.24, 2.45) is 17.0 Å². The van der Waals surface area contributed by atoms with E-state index in [4.69, 9.17) is 4.84 Å². The molecule has 5 rings (SSSR count). The number of carbonyl (C=O) groups excluding carboxylic acids is 1. The Balaban J connectivity index is 1.10. The second-order valence-electron chi connectivity index (χ2n) is 8.84. The summed E-state index contributed by atoms with van der Waals surface area (Å²) < 4.78 is 0. The standard InChI is InChI=1S/C25H30N4O2/c30-25(26-15-19-7-3-1-4-8-19)21-11-13-29(14-12-21)24-22-17-28(18-23(22)31-27-24)16-20-9-5-2-6-10-20/h1-10,21-23H,11-18H2,(H,26,30)/t22-,23+/m0/s1. The molecule has 1 N–H and O–H groups in total. The van der Waals surface area contributed by atoms with Crippen LogP contribution in [0.3, 0.4) is 0 Å². The Bertz CT molecular complexity index is 910. The van der Waals surface area contributed by atoms with Crippen LogP contribution in [0.25, 0.3) is 0 Å². The van der Waals surface area contributed by atoms with E-state index in [0.717, 1.165) is 57.0 Å². The van der Waals surface area contributed by atoms with Crippen LogP contribution in [0.15, 0.2) is 65.8 Å². The molecule has 2 fully saturated rings. The molecule has 0 unspecified atom stereocenters. The summed E-state index contributed by atoms with van der Waals surface area (Å²) in [5.74, 6) is 1.67. The van der Waals surface area contributed by atoms with E-state index in [1.165, 1.54) is 5.56 Å². The van der Waals surface area contributed by atoms with E-state index >= 15 is 0 Å². The molecule has 3 aliphatic heterocycles. The quantitative estimate of drug-likeness (QED) is 0.811. The van der Waals surface area contributed by atoms with Crippen molar-refractivity contribution in [2.75, 3.05) is 26.2 Å². The van der Waals surface area contributed by atoms with Crippen molar-refractivity contribution in [1.82, 2.24) is 15.1 Å². The summed E-state index contributed by atoms with van der Waals surface area (Å²) in [6.07, 6.45) is 1.89. The monoisotopic (exact) mass is 418 g/mol. The molecule has 0 aliphatic carbocycles. The van der Waals surface area contributed by atoms with Gasteiger partial charge >= 0.3 is 0 Å². The summed E-state index contributed by atoms with van der Waals surface area (Å²) >= 11 is 0. The fraction of sp³-hybridized carbons (Fsp3) is 0.440. The lowest BCUT2D eigenvalue weighted by atomic mass is 9.94. The lowest BCUT2D eigenvalue weighted by Gasteiger charge is -2.33. The van der Waals surface area contributed by atoms with Crippen LogP contribution < -0.4 is 5.32 Å². The largest absolute Gasteiger partial charge is 0.389 e. The maximum atomic E-state index is 12.6. The van der Waals surface area contributed by atoms with Crippen LogP contribution in [0.4, 0.5) is 0 Å². The molecule has 0 bridgehead atoms. The van der Waals surface area contributed by atoms with Gasteiger partial charge in [-0.25, -0.2) is 0 Å². The molecule has 162 valence electrons. The van der Waals surface area contributed by atoms with Gasteiger partial charge in [-0.1, -0.05) is 65.8 Å². The number of hydrogen-bond acceptors (Lipinski definition) is 5. The van der Waals surface area contributed by atoms with Crippen LogP contribution >= 0.6 is 0 Å². The highest BCUT2D eigenvalue weighted by molar-refractivity contribution is 5.87. The maximum absolute atomic E-state index is 12.6. The molecule has 2 aromatic rings. The molecule has 0 saturated carbocycles.